The van der Waals surface area contributed by atoms with Crippen LogP contribution in [-0.4, -0.2) is 68.6 Å². The Balaban J connectivity index is 1.48. The molecule has 0 aromatic heterocycles. The molecule has 2 fully saturated rings. The number of fused-ring (bicyclic) bond motifs is 1. The van der Waals surface area contributed by atoms with Gasteiger partial charge >= 0.3 is 6.03 Å². The molecule has 0 radical (unpaired) electrons. The van der Waals surface area contributed by atoms with Crippen molar-refractivity contribution in [3.8, 4) is 5.75 Å². The van der Waals surface area contributed by atoms with Crippen molar-refractivity contribution in [3.05, 3.63) is 114 Å². The van der Waals surface area contributed by atoms with E-state index >= 15 is 0 Å². The van der Waals surface area contributed by atoms with E-state index < -0.39 is 41.7 Å². The van der Waals surface area contributed by atoms with Gasteiger partial charge in [0.2, 0.25) is 5.91 Å². The summed E-state index contributed by atoms with van der Waals surface area (Å²) in [6, 6.07) is 16.9. The van der Waals surface area contributed by atoms with E-state index in [2.05, 4.69) is 11.9 Å². The Morgan fingerprint density at radius 3 is 2.56 bits per heavy atom. The summed E-state index contributed by atoms with van der Waals surface area (Å²) in [5, 5.41) is 15.9. The number of rotatable bonds is 8. The van der Waals surface area contributed by atoms with Gasteiger partial charge < -0.3 is 20.2 Å². The molecule has 212 valence electrons. The van der Waals surface area contributed by atoms with Crippen LogP contribution < -0.4 is 5.32 Å². The summed E-state index contributed by atoms with van der Waals surface area (Å²) in [5.41, 5.74) is 1.35. The molecule has 3 aromatic rings. The molecule has 9 nitrogen and oxygen atoms in total. The van der Waals surface area contributed by atoms with E-state index in [9.17, 15) is 28.3 Å². The topological polar surface area (TPSA) is 96.4 Å². The van der Waals surface area contributed by atoms with Gasteiger partial charge in [-0.05, 0) is 29.3 Å². The Morgan fingerprint density at radius 1 is 1.07 bits per heavy atom. The lowest BCUT2D eigenvalue weighted by atomic mass is 9.99. The number of carbonyl (C=O) groups is 3. The number of halogens is 2. The quantitative estimate of drug-likeness (QED) is 0.411. The molecule has 2 heterocycles. The van der Waals surface area contributed by atoms with E-state index in [1.165, 1.54) is 39.1 Å². The van der Waals surface area contributed by atoms with Gasteiger partial charge in [-0.1, -0.05) is 54.6 Å². The largest absolute Gasteiger partial charge is 0.508 e. The zero-order valence-electron chi connectivity index (χ0n) is 22.1. The Morgan fingerprint density at radius 2 is 1.85 bits per heavy atom. The van der Waals surface area contributed by atoms with Gasteiger partial charge in [0, 0.05) is 24.7 Å². The molecule has 2 atom stereocenters. The molecule has 2 aliphatic heterocycles. The van der Waals surface area contributed by atoms with Gasteiger partial charge in [0.25, 0.3) is 5.91 Å². The molecule has 11 heteroatoms. The van der Waals surface area contributed by atoms with Crippen LogP contribution in [-0.2, 0) is 22.7 Å². The van der Waals surface area contributed by atoms with Crippen molar-refractivity contribution in [2.75, 3.05) is 19.6 Å². The smallest absolute Gasteiger partial charge is 0.332 e. The molecule has 2 aliphatic rings. The van der Waals surface area contributed by atoms with Crippen molar-refractivity contribution in [1.82, 2.24) is 25.1 Å². The first kappa shape index (κ1) is 27.8. The molecule has 41 heavy (non-hydrogen) atoms. The van der Waals surface area contributed by atoms with Gasteiger partial charge in [-0.3, -0.25) is 14.6 Å². The molecule has 2 saturated heterocycles. The van der Waals surface area contributed by atoms with Gasteiger partial charge in [0.05, 0.1) is 19.6 Å². The van der Waals surface area contributed by atoms with Crippen LogP contribution in [0.2, 0.25) is 0 Å². The van der Waals surface area contributed by atoms with Crippen molar-refractivity contribution in [3.63, 3.8) is 0 Å². The van der Waals surface area contributed by atoms with Crippen molar-refractivity contribution in [2.45, 2.75) is 25.3 Å². The first-order valence-corrected chi connectivity index (χ1v) is 13.1. The molecular formula is C30H29F2N5O4. The third kappa shape index (κ3) is 5.75. The van der Waals surface area contributed by atoms with E-state index in [4.69, 9.17) is 0 Å². The molecule has 0 spiro atoms. The predicted octanol–water partition coefficient (Wildman–Crippen LogP) is 3.54. The highest BCUT2D eigenvalue weighted by molar-refractivity contribution is 5.92. The number of benzene rings is 3. The highest BCUT2D eigenvalue weighted by Crippen LogP contribution is 2.37. The standard InChI is InChI=1S/C30H29F2N5O4/c1-2-13-35(30(41)33-16-20-7-4-3-5-8-20)36-19-27(39)37-26(36)18-34(17-22-11-12-23(31)15-25(22)32)29(40)28(37)21-9-6-10-24(38)14-21/h2-12,14-15,26,28,38H,1,13,16-19H2,(H,33,41)/t26-,28+/m1/s1. The Bertz CT molecular complexity index is 1470. The monoisotopic (exact) mass is 561 g/mol. The van der Waals surface area contributed by atoms with E-state index in [1.54, 1.807) is 17.1 Å². The summed E-state index contributed by atoms with van der Waals surface area (Å²) in [6.07, 6.45) is 0.736. The van der Waals surface area contributed by atoms with Crippen molar-refractivity contribution in [1.29, 1.82) is 0 Å². The number of nitrogens with one attached hydrogen (secondary N) is 1. The third-order valence-corrected chi connectivity index (χ3v) is 7.15. The van der Waals surface area contributed by atoms with Gasteiger partial charge in [-0.25, -0.2) is 13.6 Å². The minimum absolute atomic E-state index is 0.0453. The number of urea groups is 1. The summed E-state index contributed by atoms with van der Waals surface area (Å²) < 4.78 is 28.2. The van der Waals surface area contributed by atoms with Crippen molar-refractivity contribution in [2.24, 2.45) is 0 Å². The maximum absolute atomic E-state index is 14.6. The fourth-order valence-corrected chi connectivity index (χ4v) is 5.25. The number of phenolic OH excluding ortho intramolecular Hbond substituents is 1. The number of phenols is 1. The summed E-state index contributed by atoms with van der Waals surface area (Å²) in [4.78, 5) is 43.5. The molecule has 0 unspecified atom stereocenters. The molecule has 4 amide bonds. The first-order chi connectivity index (χ1) is 19.8. The highest BCUT2D eigenvalue weighted by Gasteiger charge is 2.52. The van der Waals surface area contributed by atoms with Crippen LogP contribution in [0, 0.1) is 11.6 Å². The number of hydrazine groups is 1. The average molecular weight is 562 g/mol. The lowest BCUT2D eigenvalue weighted by molar-refractivity contribution is -0.158. The molecular weight excluding hydrogens is 532 g/mol. The van der Waals surface area contributed by atoms with Crippen molar-refractivity contribution < 1.29 is 28.3 Å². The molecule has 0 saturated carbocycles. The minimum Gasteiger partial charge on any atom is -0.508 e. The number of carbonyl (C=O) groups excluding carboxylic acids is 3. The Labute approximate surface area is 235 Å². The SMILES string of the molecule is C=CCN(C(=O)NCc1ccccc1)N1CC(=O)N2[C@@H](c3cccc(O)c3)C(=O)N(Cc3ccc(F)cc3F)C[C@@H]21. The van der Waals surface area contributed by atoms with Gasteiger partial charge in [-0.2, -0.15) is 5.01 Å². The summed E-state index contributed by atoms with van der Waals surface area (Å²) in [5.74, 6) is -2.52. The van der Waals surface area contributed by atoms with Crippen LogP contribution in [0.1, 0.15) is 22.7 Å². The van der Waals surface area contributed by atoms with Crippen LogP contribution in [0.5, 0.6) is 5.75 Å². The van der Waals surface area contributed by atoms with Crippen LogP contribution in [0.15, 0.2) is 85.5 Å². The second-order valence-electron chi connectivity index (χ2n) is 9.85. The molecule has 0 bridgehead atoms. The summed E-state index contributed by atoms with van der Waals surface area (Å²) >= 11 is 0. The van der Waals surface area contributed by atoms with Crippen LogP contribution in [0.4, 0.5) is 13.6 Å². The third-order valence-electron chi connectivity index (χ3n) is 7.15. The molecule has 2 N–H and O–H groups in total. The van der Waals surface area contributed by atoms with E-state index in [1.807, 2.05) is 30.3 Å². The van der Waals surface area contributed by atoms with Crippen LogP contribution in [0.25, 0.3) is 0 Å². The number of aromatic hydroxyl groups is 1. The number of nitrogens with zero attached hydrogens (tertiary/aromatic N) is 4. The van der Waals surface area contributed by atoms with E-state index in [-0.39, 0.29) is 44.0 Å². The number of amides is 4. The molecule has 3 aromatic carbocycles. The zero-order chi connectivity index (χ0) is 29.1. The second kappa shape index (κ2) is 11.8. The number of piperazine rings is 1. The Hall–Kier alpha value is -4.77. The van der Waals surface area contributed by atoms with Crippen LogP contribution in [0.3, 0.4) is 0 Å². The lowest BCUT2D eigenvalue weighted by Crippen LogP contribution is -2.62. The lowest BCUT2D eigenvalue weighted by Gasteiger charge is -2.46. The van der Waals surface area contributed by atoms with Crippen LogP contribution >= 0.6 is 0 Å². The van der Waals surface area contributed by atoms with Crippen molar-refractivity contribution >= 4 is 17.8 Å². The summed E-state index contributed by atoms with van der Waals surface area (Å²) in [7, 11) is 0. The fourth-order valence-electron chi connectivity index (χ4n) is 5.25. The van der Waals surface area contributed by atoms with Gasteiger partial charge in [-0.15, -0.1) is 6.58 Å². The second-order valence-corrected chi connectivity index (χ2v) is 9.85. The predicted molar refractivity (Wildman–Crippen MR) is 146 cm³/mol. The van der Waals surface area contributed by atoms with E-state index in [0.717, 1.165) is 17.7 Å². The maximum atomic E-state index is 14.6. The minimum atomic E-state index is -1.14. The normalized spacial score (nSPS) is 18.8. The zero-order valence-corrected chi connectivity index (χ0v) is 22.1. The highest BCUT2D eigenvalue weighted by atomic mass is 19.1. The van der Waals surface area contributed by atoms with Gasteiger partial charge in [0.15, 0.2) is 0 Å². The number of hydrogen-bond donors (Lipinski definition) is 2. The fraction of sp³-hybridized carbons (Fsp3) is 0.233. The first-order valence-electron chi connectivity index (χ1n) is 13.1. The Kier molecular flexibility index (Phi) is 7.97. The summed E-state index contributed by atoms with van der Waals surface area (Å²) in [6.45, 7) is 3.66. The number of hydrogen-bond acceptors (Lipinski definition) is 5. The molecule has 5 rings (SSSR count). The van der Waals surface area contributed by atoms with Gasteiger partial charge in [0.1, 0.15) is 29.6 Å². The van der Waals surface area contributed by atoms with E-state index in [0.29, 0.717) is 5.56 Å². The molecule has 0 aliphatic carbocycles. The maximum Gasteiger partial charge on any atom is 0.332 e. The average Bonchev–Trinajstić information content (AvgIpc) is 3.27.